The van der Waals surface area contributed by atoms with Crippen LogP contribution in [0.25, 0.3) is 22.3 Å². The zero-order chi connectivity index (χ0) is 19.8. The van der Waals surface area contributed by atoms with Gasteiger partial charge in [-0.3, -0.25) is 0 Å². The SMILES string of the molecule is Cc1cc(-c2ccc(-c3ccc(C(C)(C)C)cc3)cc2)ccc1C(C)(C)C. The number of hydrogen-bond donors (Lipinski definition) is 0. The Bertz CT molecular complexity index is 912. The van der Waals surface area contributed by atoms with Crippen molar-refractivity contribution in [3.05, 3.63) is 83.4 Å². The molecule has 0 saturated carbocycles. The summed E-state index contributed by atoms with van der Waals surface area (Å²) in [5.41, 5.74) is 9.63. The van der Waals surface area contributed by atoms with E-state index < -0.39 is 0 Å². The summed E-state index contributed by atoms with van der Waals surface area (Å²) in [6.45, 7) is 15.8. The zero-order valence-electron chi connectivity index (χ0n) is 17.9. The summed E-state index contributed by atoms with van der Waals surface area (Å²) < 4.78 is 0. The minimum absolute atomic E-state index is 0.186. The van der Waals surface area contributed by atoms with E-state index in [-0.39, 0.29) is 10.8 Å². The van der Waals surface area contributed by atoms with Gasteiger partial charge in [0.15, 0.2) is 0 Å². The molecule has 0 aliphatic carbocycles. The lowest BCUT2D eigenvalue weighted by atomic mass is 9.83. The maximum Gasteiger partial charge on any atom is -0.0129 e. The molecule has 140 valence electrons. The molecular weight excluding hydrogens is 324 g/mol. The van der Waals surface area contributed by atoms with Gasteiger partial charge >= 0.3 is 0 Å². The summed E-state index contributed by atoms with van der Waals surface area (Å²) in [7, 11) is 0. The van der Waals surface area contributed by atoms with E-state index in [0.717, 1.165) is 0 Å². The van der Waals surface area contributed by atoms with Crippen molar-refractivity contribution in [3.63, 3.8) is 0 Å². The quantitative estimate of drug-likeness (QED) is 0.437. The molecule has 0 aliphatic heterocycles. The molecule has 0 N–H and O–H groups in total. The van der Waals surface area contributed by atoms with Crippen LogP contribution in [0.3, 0.4) is 0 Å². The summed E-state index contributed by atoms with van der Waals surface area (Å²) in [5, 5.41) is 0. The molecule has 0 amide bonds. The van der Waals surface area contributed by atoms with Crippen molar-refractivity contribution >= 4 is 0 Å². The van der Waals surface area contributed by atoms with Crippen LogP contribution in [-0.4, -0.2) is 0 Å². The van der Waals surface area contributed by atoms with Crippen LogP contribution >= 0.6 is 0 Å². The predicted molar refractivity (Wildman–Crippen MR) is 119 cm³/mol. The van der Waals surface area contributed by atoms with Gasteiger partial charge in [0.25, 0.3) is 0 Å². The van der Waals surface area contributed by atoms with Crippen LogP contribution < -0.4 is 0 Å². The Morgan fingerprint density at radius 3 is 1.30 bits per heavy atom. The summed E-state index contributed by atoms with van der Waals surface area (Å²) in [4.78, 5) is 0. The molecule has 3 aromatic carbocycles. The molecule has 0 radical (unpaired) electrons. The van der Waals surface area contributed by atoms with E-state index in [1.807, 2.05) is 0 Å². The molecule has 0 aliphatic rings. The van der Waals surface area contributed by atoms with Crippen molar-refractivity contribution in [1.29, 1.82) is 0 Å². The molecule has 3 rings (SSSR count). The van der Waals surface area contributed by atoms with Crippen LogP contribution in [-0.2, 0) is 10.8 Å². The first kappa shape index (κ1) is 19.4. The molecule has 0 atom stereocenters. The van der Waals surface area contributed by atoms with E-state index in [0.29, 0.717) is 0 Å². The molecule has 0 aromatic heterocycles. The highest BCUT2D eigenvalue weighted by Gasteiger charge is 2.16. The van der Waals surface area contributed by atoms with Gasteiger partial charge in [-0.05, 0) is 56.7 Å². The second-order valence-electron chi connectivity index (χ2n) is 9.68. The third-order valence-electron chi connectivity index (χ3n) is 5.34. The molecule has 0 heteroatoms. The molecule has 0 saturated heterocycles. The maximum absolute atomic E-state index is 2.31. The highest BCUT2D eigenvalue weighted by molar-refractivity contribution is 5.71. The Kier molecular flexibility index (Phi) is 5.04. The first-order chi connectivity index (χ1) is 12.6. The van der Waals surface area contributed by atoms with E-state index in [1.165, 1.54) is 38.9 Å². The molecule has 3 aromatic rings. The number of benzene rings is 3. The summed E-state index contributed by atoms with van der Waals surface area (Å²) >= 11 is 0. The van der Waals surface area contributed by atoms with Gasteiger partial charge in [0.05, 0.1) is 0 Å². The highest BCUT2D eigenvalue weighted by Crippen LogP contribution is 2.31. The van der Waals surface area contributed by atoms with Crippen molar-refractivity contribution in [3.8, 4) is 22.3 Å². The molecule has 0 nitrogen and oxygen atoms in total. The molecule has 0 fully saturated rings. The predicted octanol–water partition coefficient (Wildman–Crippen LogP) is 7.92. The second kappa shape index (κ2) is 7.00. The van der Waals surface area contributed by atoms with E-state index in [2.05, 4.69) is 115 Å². The van der Waals surface area contributed by atoms with E-state index >= 15 is 0 Å². The molecular formula is C27H32. The normalized spacial score (nSPS) is 12.3. The van der Waals surface area contributed by atoms with Gasteiger partial charge in [-0.1, -0.05) is 108 Å². The van der Waals surface area contributed by atoms with Crippen molar-refractivity contribution < 1.29 is 0 Å². The monoisotopic (exact) mass is 356 g/mol. The van der Waals surface area contributed by atoms with Crippen LogP contribution in [0, 0.1) is 6.92 Å². The van der Waals surface area contributed by atoms with E-state index in [1.54, 1.807) is 0 Å². The topological polar surface area (TPSA) is 0 Å². The Labute approximate surface area is 165 Å². The van der Waals surface area contributed by atoms with Gasteiger partial charge in [0, 0.05) is 0 Å². The third kappa shape index (κ3) is 4.33. The summed E-state index contributed by atoms with van der Waals surface area (Å²) in [5.74, 6) is 0. The van der Waals surface area contributed by atoms with Crippen molar-refractivity contribution in [2.24, 2.45) is 0 Å². The first-order valence-electron chi connectivity index (χ1n) is 9.88. The fourth-order valence-corrected chi connectivity index (χ4v) is 3.70. The lowest BCUT2D eigenvalue weighted by molar-refractivity contribution is 0.586. The maximum atomic E-state index is 2.31. The van der Waals surface area contributed by atoms with Crippen LogP contribution in [0.4, 0.5) is 0 Å². The average Bonchev–Trinajstić information content (AvgIpc) is 2.60. The number of hydrogen-bond acceptors (Lipinski definition) is 0. The second-order valence-corrected chi connectivity index (χ2v) is 9.68. The molecule has 27 heavy (non-hydrogen) atoms. The minimum atomic E-state index is 0.186. The number of rotatable bonds is 2. The van der Waals surface area contributed by atoms with E-state index in [9.17, 15) is 0 Å². The van der Waals surface area contributed by atoms with Gasteiger partial charge in [0.1, 0.15) is 0 Å². The molecule has 0 unspecified atom stereocenters. The minimum Gasteiger partial charge on any atom is -0.0579 e. The van der Waals surface area contributed by atoms with Gasteiger partial charge in [-0.25, -0.2) is 0 Å². The van der Waals surface area contributed by atoms with Crippen molar-refractivity contribution in [1.82, 2.24) is 0 Å². The van der Waals surface area contributed by atoms with Crippen molar-refractivity contribution in [2.75, 3.05) is 0 Å². The molecule has 0 bridgehead atoms. The third-order valence-corrected chi connectivity index (χ3v) is 5.34. The summed E-state index contributed by atoms with van der Waals surface area (Å²) in [6.07, 6.45) is 0. The van der Waals surface area contributed by atoms with E-state index in [4.69, 9.17) is 0 Å². The lowest BCUT2D eigenvalue weighted by Gasteiger charge is -2.22. The first-order valence-corrected chi connectivity index (χ1v) is 9.88. The van der Waals surface area contributed by atoms with Crippen LogP contribution in [0.1, 0.15) is 58.2 Å². The smallest absolute Gasteiger partial charge is 0.0129 e. The Morgan fingerprint density at radius 1 is 0.481 bits per heavy atom. The van der Waals surface area contributed by atoms with Crippen LogP contribution in [0.2, 0.25) is 0 Å². The van der Waals surface area contributed by atoms with Crippen LogP contribution in [0.15, 0.2) is 66.7 Å². The fourth-order valence-electron chi connectivity index (χ4n) is 3.70. The van der Waals surface area contributed by atoms with Gasteiger partial charge < -0.3 is 0 Å². The van der Waals surface area contributed by atoms with Gasteiger partial charge in [0.2, 0.25) is 0 Å². The fraction of sp³-hybridized carbons (Fsp3) is 0.333. The standard InChI is InChI=1S/C27H32/c1-19-18-23(14-17-25(19)27(5,6)7)22-10-8-20(9-11-22)21-12-15-24(16-13-21)26(2,3)4/h8-18H,1-7H3. The molecule has 0 heterocycles. The Morgan fingerprint density at radius 2 is 0.889 bits per heavy atom. The summed E-state index contributed by atoms with van der Waals surface area (Å²) in [6, 6.07) is 24.7. The van der Waals surface area contributed by atoms with Crippen LogP contribution in [0.5, 0.6) is 0 Å². The lowest BCUT2D eigenvalue weighted by Crippen LogP contribution is -2.12. The number of aryl methyl sites for hydroxylation is 1. The largest absolute Gasteiger partial charge is 0.0579 e. The Hall–Kier alpha value is -2.34. The van der Waals surface area contributed by atoms with Crippen molar-refractivity contribution in [2.45, 2.75) is 59.3 Å². The Balaban J connectivity index is 1.86. The average molecular weight is 357 g/mol. The van der Waals surface area contributed by atoms with Gasteiger partial charge in [-0.2, -0.15) is 0 Å². The zero-order valence-corrected chi connectivity index (χ0v) is 17.9. The highest BCUT2D eigenvalue weighted by atomic mass is 14.2. The van der Waals surface area contributed by atoms with Gasteiger partial charge in [-0.15, -0.1) is 0 Å². The molecule has 0 spiro atoms.